The molecule has 0 aromatic rings. The number of rotatable bonds is 50. The standard InChI is InChI=1S/C60H104O6/c1-4-7-10-13-16-19-22-25-28-30-32-35-38-41-44-47-50-53-59(62)65-56-57(55-64-58(61)52-49-46-43-40-37-34-27-24-21-18-15-12-9-6-3)66-60(63)54-51-48-45-42-39-36-33-31-29-26-23-20-17-14-11-8-5-2/h16,19,24-29,32,35,41,44,57H,4-15,17-18,20-23,30-31,33-34,36-40,42-43,45-56H2,1-3H3/b19-16-,27-24-,28-25-,29-26-,35-32-,44-41-/t57-/m1/s1. The van der Waals surface area contributed by atoms with Gasteiger partial charge in [-0.1, -0.05) is 216 Å². The van der Waals surface area contributed by atoms with Gasteiger partial charge in [0, 0.05) is 19.3 Å². The molecule has 0 aliphatic heterocycles. The Labute approximate surface area is 408 Å². The number of ether oxygens (including phenoxy) is 3. The maximum Gasteiger partial charge on any atom is 0.306 e. The summed E-state index contributed by atoms with van der Waals surface area (Å²) in [5.74, 6) is -0.963. The van der Waals surface area contributed by atoms with E-state index in [-0.39, 0.29) is 37.5 Å². The molecule has 0 aromatic carbocycles. The van der Waals surface area contributed by atoms with Gasteiger partial charge in [0.1, 0.15) is 13.2 Å². The smallest absolute Gasteiger partial charge is 0.306 e. The first-order valence-corrected chi connectivity index (χ1v) is 27.9. The van der Waals surface area contributed by atoms with Gasteiger partial charge < -0.3 is 14.2 Å². The summed E-state index contributed by atoms with van der Waals surface area (Å²) in [7, 11) is 0. The second kappa shape index (κ2) is 54.5. The first-order chi connectivity index (χ1) is 32.5. The predicted octanol–water partition coefficient (Wildman–Crippen LogP) is 18.6. The Bertz CT molecular complexity index is 1240. The molecule has 0 aromatic heterocycles. The highest BCUT2D eigenvalue weighted by molar-refractivity contribution is 5.71. The number of unbranched alkanes of at least 4 members (excludes halogenated alkanes) is 27. The van der Waals surface area contributed by atoms with Crippen LogP contribution in [0.15, 0.2) is 72.9 Å². The van der Waals surface area contributed by atoms with Crippen LogP contribution >= 0.6 is 0 Å². The van der Waals surface area contributed by atoms with Crippen molar-refractivity contribution in [3.05, 3.63) is 72.9 Å². The first-order valence-electron chi connectivity index (χ1n) is 27.9. The van der Waals surface area contributed by atoms with Crippen molar-refractivity contribution in [3.63, 3.8) is 0 Å². The summed E-state index contributed by atoms with van der Waals surface area (Å²) in [6.07, 6.45) is 68.9. The first kappa shape index (κ1) is 62.8. The predicted molar refractivity (Wildman–Crippen MR) is 284 cm³/mol. The van der Waals surface area contributed by atoms with E-state index in [1.165, 1.54) is 154 Å². The van der Waals surface area contributed by atoms with Crippen LogP contribution in [-0.4, -0.2) is 37.2 Å². The molecule has 0 N–H and O–H groups in total. The van der Waals surface area contributed by atoms with Crippen LogP contribution in [0.2, 0.25) is 0 Å². The van der Waals surface area contributed by atoms with Gasteiger partial charge in [0.2, 0.25) is 0 Å². The normalized spacial score (nSPS) is 12.6. The van der Waals surface area contributed by atoms with Crippen molar-refractivity contribution in [2.24, 2.45) is 0 Å². The third kappa shape index (κ3) is 51.8. The molecule has 0 heterocycles. The summed E-state index contributed by atoms with van der Waals surface area (Å²) < 4.78 is 16.8. The number of hydrogen-bond acceptors (Lipinski definition) is 6. The van der Waals surface area contributed by atoms with Gasteiger partial charge in [0.15, 0.2) is 6.10 Å². The van der Waals surface area contributed by atoms with E-state index >= 15 is 0 Å². The van der Waals surface area contributed by atoms with Gasteiger partial charge in [0.25, 0.3) is 0 Å². The third-order valence-corrected chi connectivity index (χ3v) is 11.9. The average Bonchev–Trinajstić information content (AvgIpc) is 3.31. The molecule has 0 bridgehead atoms. The molecule has 0 rings (SSSR count). The lowest BCUT2D eigenvalue weighted by molar-refractivity contribution is -0.167. The highest BCUT2D eigenvalue weighted by Crippen LogP contribution is 2.14. The molecular weight excluding hydrogens is 817 g/mol. The molecule has 6 nitrogen and oxygen atoms in total. The van der Waals surface area contributed by atoms with Crippen LogP contribution < -0.4 is 0 Å². The molecule has 0 fully saturated rings. The molecule has 0 radical (unpaired) electrons. The quantitative estimate of drug-likeness (QED) is 0.0262. The molecule has 6 heteroatoms. The van der Waals surface area contributed by atoms with Gasteiger partial charge >= 0.3 is 17.9 Å². The Hall–Kier alpha value is -3.15. The topological polar surface area (TPSA) is 78.9 Å². The highest BCUT2D eigenvalue weighted by Gasteiger charge is 2.19. The van der Waals surface area contributed by atoms with Crippen LogP contribution in [0, 0.1) is 0 Å². The minimum atomic E-state index is -0.803. The van der Waals surface area contributed by atoms with E-state index in [0.29, 0.717) is 19.3 Å². The zero-order valence-electron chi connectivity index (χ0n) is 43.4. The highest BCUT2D eigenvalue weighted by atomic mass is 16.6. The van der Waals surface area contributed by atoms with Crippen molar-refractivity contribution in [1.82, 2.24) is 0 Å². The van der Waals surface area contributed by atoms with Crippen molar-refractivity contribution in [1.29, 1.82) is 0 Å². The van der Waals surface area contributed by atoms with E-state index in [2.05, 4.69) is 93.7 Å². The van der Waals surface area contributed by atoms with Gasteiger partial charge in [0.05, 0.1) is 0 Å². The second-order valence-electron chi connectivity index (χ2n) is 18.5. The summed E-state index contributed by atoms with van der Waals surface area (Å²) >= 11 is 0. The van der Waals surface area contributed by atoms with Gasteiger partial charge in [-0.2, -0.15) is 0 Å². The molecule has 0 aliphatic carbocycles. The SMILES string of the molecule is CCCCC/C=C\C/C=C\C/C=C\C/C=C\CCCC(=O)OC[C@@H](COC(=O)CCCCCCC/C=C\CCCCCCC)OC(=O)CCCCCCCCC/C=C\CCCCCCCC. The maximum atomic E-state index is 12.8. The molecule has 0 saturated heterocycles. The number of carbonyl (C=O) groups excluding carboxylic acids is 3. The van der Waals surface area contributed by atoms with E-state index in [1.807, 2.05) is 0 Å². The number of esters is 3. The minimum absolute atomic E-state index is 0.0980. The van der Waals surface area contributed by atoms with Crippen molar-refractivity contribution in [3.8, 4) is 0 Å². The van der Waals surface area contributed by atoms with E-state index in [1.54, 1.807) is 0 Å². The number of allylic oxidation sites excluding steroid dienone is 12. The lowest BCUT2D eigenvalue weighted by atomic mass is 10.1. The number of carbonyl (C=O) groups is 3. The molecule has 0 spiro atoms. The largest absolute Gasteiger partial charge is 0.462 e. The molecule has 0 amide bonds. The Morgan fingerprint density at radius 3 is 0.955 bits per heavy atom. The molecule has 0 aliphatic rings. The average molecular weight is 921 g/mol. The molecule has 380 valence electrons. The van der Waals surface area contributed by atoms with Crippen molar-refractivity contribution < 1.29 is 28.6 Å². The number of hydrogen-bond donors (Lipinski definition) is 0. The fourth-order valence-electron chi connectivity index (χ4n) is 7.66. The molecule has 0 unspecified atom stereocenters. The van der Waals surface area contributed by atoms with Crippen LogP contribution in [0.4, 0.5) is 0 Å². The van der Waals surface area contributed by atoms with E-state index in [9.17, 15) is 14.4 Å². The van der Waals surface area contributed by atoms with Crippen LogP contribution in [0.5, 0.6) is 0 Å². The molecule has 1 atom stereocenters. The zero-order valence-corrected chi connectivity index (χ0v) is 43.4. The summed E-state index contributed by atoms with van der Waals surface area (Å²) in [4.78, 5) is 38.1. The van der Waals surface area contributed by atoms with Crippen LogP contribution in [0.25, 0.3) is 0 Å². The maximum absolute atomic E-state index is 12.8. The van der Waals surface area contributed by atoms with Crippen LogP contribution in [-0.2, 0) is 28.6 Å². The summed E-state index contributed by atoms with van der Waals surface area (Å²) in [6.45, 7) is 6.55. The molecular formula is C60H104O6. The Morgan fingerprint density at radius 1 is 0.303 bits per heavy atom. The fraction of sp³-hybridized carbons (Fsp3) is 0.750. The van der Waals surface area contributed by atoms with Gasteiger partial charge in [-0.25, -0.2) is 0 Å². The van der Waals surface area contributed by atoms with Crippen LogP contribution in [0.1, 0.15) is 271 Å². The summed E-state index contributed by atoms with van der Waals surface area (Å²) in [5, 5.41) is 0. The summed E-state index contributed by atoms with van der Waals surface area (Å²) in [5.41, 5.74) is 0. The van der Waals surface area contributed by atoms with E-state index < -0.39 is 6.10 Å². The van der Waals surface area contributed by atoms with Crippen LogP contribution in [0.3, 0.4) is 0 Å². The Kier molecular flexibility index (Phi) is 51.9. The van der Waals surface area contributed by atoms with Gasteiger partial charge in [-0.05, 0) is 109 Å². The lowest BCUT2D eigenvalue weighted by Gasteiger charge is -2.18. The lowest BCUT2D eigenvalue weighted by Crippen LogP contribution is -2.30. The van der Waals surface area contributed by atoms with Crippen molar-refractivity contribution >= 4 is 17.9 Å². The molecule has 0 saturated carbocycles. The van der Waals surface area contributed by atoms with Gasteiger partial charge in [-0.15, -0.1) is 0 Å². The zero-order chi connectivity index (χ0) is 47.9. The Balaban J connectivity index is 4.48. The van der Waals surface area contributed by atoms with E-state index in [4.69, 9.17) is 14.2 Å². The van der Waals surface area contributed by atoms with E-state index in [0.717, 1.165) is 70.6 Å². The summed E-state index contributed by atoms with van der Waals surface area (Å²) in [6, 6.07) is 0. The Morgan fingerprint density at radius 2 is 0.561 bits per heavy atom. The minimum Gasteiger partial charge on any atom is -0.462 e. The fourth-order valence-corrected chi connectivity index (χ4v) is 7.66. The second-order valence-corrected chi connectivity index (χ2v) is 18.5. The van der Waals surface area contributed by atoms with Gasteiger partial charge in [-0.3, -0.25) is 14.4 Å². The third-order valence-electron chi connectivity index (χ3n) is 11.9. The monoisotopic (exact) mass is 921 g/mol. The molecule has 66 heavy (non-hydrogen) atoms. The van der Waals surface area contributed by atoms with Crippen molar-refractivity contribution in [2.75, 3.05) is 13.2 Å². The van der Waals surface area contributed by atoms with Crippen molar-refractivity contribution in [2.45, 2.75) is 277 Å².